The van der Waals surface area contributed by atoms with Gasteiger partial charge in [0.2, 0.25) is 0 Å². The minimum Gasteiger partial charge on any atom is -0.493 e. The molecule has 1 aromatic rings. The fourth-order valence-electron chi connectivity index (χ4n) is 1.76. The maximum absolute atomic E-state index is 12.1. The van der Waals surface area contributed by atoms with Crippen molar-refractivity contribution in [3.05, 3.63) is 23.8 Å². The number of carbonyl (C=O) groups is 1. The van der Waals surface area contributed by atoms with Crippen molar-refractivity contribution in [1.29, 1.82) is 5.26 Å². The number of methoxy groups -OCH3 is 2. The molecule has 0 aliphatic heterocycles. The van der Waals surface area contributed by atoms with Gasteiger partial charge in [0.25, 0.3) is 5.91 Å². The van der Waals surface area contributed by atoms with Crippen LogP contribution in [0.3, 0.4) is 0 Å². The summed E-state index contributed by atoms with van der Waals surface area (Å²) in [6, 6.07) is 6.63. The summed E-state index contributed by atoms with van der Waals surface area (Å²) in [5.41, 5.74) is 0.359. The van der Waals surface area contributed by atoms with Crippen molar-refractivity contribution >= 4 is 5.91 Å². The third-order valence-corrected chi connectivity index (χ3v) is 2.69. The standard InChI is InChI=1S/C14H18N2O3/c1-4-6-10(9-15)16-14(17)11-7-5-8-12(18-2)13(11)19-3/h5,7-8,10H,4,6H2,1-3H3,(H,16,17). The van der Waals surface area contributed by atoms with Gasteiger partial charge < -0.3 is 14.8 Å². The molecule has 1 unspecified atom stereocenters. The van der Waals surface area contributed by atoms with Crippen LogP contribution < -0.4 is 14.8 Å². The predicted molar refractivity (Wildman–Crippen MR) is 71.3 cm³/mol. The highest BCUT2D eigenvalue weighted by Crippen LogP contribution is 2.30. The maximum Gasteiger partial charge on any atom is 0.256 e. The molecule has 5 nitrogen and oxygen atoms in total. The van der Waals surface area contributed by atoms with Crippen LogP contribution in [0.5, 0.6) is 11.5 Å². The molecule has 0 radical (unpaired) electrons. The lowest BCUT2D eigenvalue weighted by Gasteiger charge is -2.14. The molecule has 0 aliphatic rings. The summed E-state index contributed by atoms with van der Waals surface area (Å²) in [4.78, 5) is 12.1. The van der Waals surface area contributed by atoms with Crippen LogP contribution in [-0.4, -0.2) is 26.2 Å². The molecule has 0 fully saturated rings. The Morgan fingerprint density at radius 2 is 2.16 bits per heavy atom. The van der Waals surface area contributed by atoms with E-state index in [4.69, 9.17) is 14.7 Å². The quantitative estimate of drug-likeness (QED) is 0.852. The maximum atomic E-state index is 12.1. The van der Waals surface area contributed by atoms with E-state index < -0.39 is 6.04 Å². The lowest BCUT2D eigenvalue weighted by atomic mass is 10.1. The highest BCUT2D eigenvalue weighted by Gasteiger charge is 2.18. The van der Waals surface area contributed by atoms with E-state index in [-0.39, 0.29) is 5.91 Å². The minimum atomic E-state index is -0.492. The van der Waals surface area contributed by atoms with Gasteiger partial charge in [-0.05, 0) is 18.6 Å². The molecular formula is C14H18N2O3. The number of nitrogens with zero attached hydrogens (tertiary/aromatic N) is 1. The Morgan fingerprint density at radius 1 is 1.42 bits per heavy atom. The van der Waals surface area contributed by atoms with Gasteiger partial charge in [-0.25, -0.2) is 0 Å². The highest BCUT2D eigenvalue weighted by molar-refractivity contribution is 5.98. The van der Waals surface area contributed by atoms with Crippen molar-refractivity contribution in [3.63, 3.8) is 0 Å². The van der Waals surface area contributed by atoms with Crippen LogP contribution in [0.4, 0.5) is 0 Å². The summed E-state index contributed by atoms with van der Waals surface area (Å²) < 4.78 is 10.3. The van der Waals surface area contributed by atoms with E-state index in [1.54, 1.807) is 18.2 Å². The van der Waals surface area contributed by atoms with Crippen molar-refractivity contribution in [2.45, 2.75) is 25.8 Å². The van der Waals surface area contributed by atoms with E-state index in [1.807, 2.05) is 6.92 Å². The molecule has 0 aliphatic carbocycles. The van der Waals surface area contributed by atoms with E-state index >= 15 is 0 Å². The number of hydrogen-bond acceptors (Lipinski definition) is 4. The van der Waals surface area contributed by atoms with E-state index in [1.165, 1.54) is 14.2 Å². The smallest absolute Gasteiger partial charge is 0.256 e. The van der Waals surface area contributed by atoms with Crippen molar-refractivity contribution < 1.29 is 14.3 Å². The first-order valence-electron chi connectivity index (χ1n) is 6.09. The van der Waals surface area contributed by atoms with Crippen LogP contribution >= 0.6 is 0 Å². The summed E-state index contributed by atoms with van der Waals surface area (Å²) >= 11 is 0. The first-order valence-corrected chi connectivity index (χ1v) is 6.09. The number of nitriles is 1. The molecule has 0 saturated carbocycles. The number of rotatable bonds is 6. The second-order valence-corrected chi connectivity index (χ2v) is 3.98. The number of hydrogen-bond donors (Lipinski definition) is 1. The average Bonchev–Trinajstić information content (AvgIpc) is 2.45. The van der Waals surface area contributed by atoms with Gasteiger partial charge in [-0.2, -0.15) is 5.26 Å². The summed E-state index contributed by atoms with van der Waals surface area (Å²) in [6.07, 6.45) is 1.45. The minimum absolute atomic E-state index is 0.337. The number of amides is 1. The Morgan fingerprint density at radius 3 is 2.68 bits per heavy atom. The topological polar surface area (TPSA) is 71.4 Å². The van der Waals surface area contributed by atoms with Gasteiger partial charge in [-0.15, -0.1) is 0 Å². The van der Waals surface area contributed by atoms with Crippen LogP contribution in [0.15, 0.2) is 18.2 Å². The van der Waals surface area contributed by atoms with Crippen LogP contribution in [-0.2, 0) is 0 Å². The van der Waals surface area contributed by atoms with Crippen LogP contribution in [0, 0.1) is 11.3 Å². The number of para-hydroxylation sites is 1. The van der Waals surface area contributed by atoms with E-state index in [9.17, 15) is 4.79 Å². The zero-order valence-electron chi connectivity index (χ0n) is 11.4. The van der Waals surface area contributed by atoms with Crippen LogP contribution in [0.2, 0.25) is 0 Å². The fraction of sp³-hybridized carbons (Fsp3) is 0.429. The average molecular weight is 262 g/mol. The van der Waals surface area contributed by atoms with Gasteiger partial charge in [0.15, 0.2) is 11.5 Å². The number of nitrogens with one attached hydrogen (secondary N) is 1. The molecule has 1 N–H and O–H groups in total. The second-order valence-electron chi connectivity index (χ2n) is 3.98. The van der Waals surface area contributed by atoms with Gasteiger partial charge in [0, 0.05) is 0 Å². The monoisotopic (exact) mass is 262 g/mol. The van der Waals surface area contributed by atoms with Gasteiger partial charge in [0.1, 0.15) is 6.04 Å². The van der Waals surface area contributed by atoms with Gasteiger partial charge in [-0.1, -0.05) is 19.4 Å². The Hall–Kier alpha value is -2.22. The van der Waals surface area contributed by atoms with E-state index in [0.29, 0.717) is 23.5 Å². The first kappa shape index (κ1) is 14.8. The predicted octanol–water partition coefficient (Wildman–Crippen LogP) is 2.13. The molecule has 19 heavy (non-hydrogen) atoms. The summed E-state index contributed by atoms with van der Waals surface area (Å²) in [5.74, 6) is 0.519. The Kier molecular flexibility index (Phi) is 5.68. The van der Waals surface area contributed by atoms with Crippen LogP contribution in [0.1, 0.15) is 30.1 Å². The zero-order chi connectivity index (χ0) is 14.3. The summed E-state index contributed by atoms with van der Waals surface area (Å²) in [6.45, 7) is 1.96. The van der Waals surface area contributed by atoms with Crippen LogP contribution in [0.25, 0.3) is 0 Å². The molecule has 1 rings (SSSR count). The molecule has 0 heterocycles. The van der Waals surface area contributed by atoms with Crippen molar-refractivity contribution in [3.8, 4) is 17.6 Å². The Balaban J connectivity index is 2.97. The molecule has 0 aromatic heterocycles. The molecule has 1 aromatic carbocycles. The number of carbonyl (C=O) groups excluding carboxylic acids is 1. The molecular weight excluding hydrogens is 244 g/mol. The van der Waals surface area contributed by atoms with Crippen molar-refractivity contribution in [1.82, 2.24) is 5.32 Å². The summed E-state index contributed by atoms with van der Waals surface area (Å²) in [7, 11) is 2.98. The number of ether oxygens (including phenoxy) is 2. The highest BCUT2D eigenvalue weighted by atomic mass is 16.5. The molecule has 0 spiro atoms. The van der Waals surface area contributed by atoms with E-state index in [2.05, 4.69) is 11.4 Å². The molecule has 5 heteroatoms. The molecule has 0 bridgehead atoms. The fourth-order valence-corrected chi connectivity index (χ4v) is 1.76. The largest absolute Gasteiger partial charge is 0.493 e. The van der Waals surface area contributed by atoms with Crippen molar-refractivity contribution in [2.24, 2.45) is 0 Å². The molecule has 1 atom stereocenters. The second kappa shape index (κ2) is 7.27. The molecule has 1 amide bonds. The number of benzene rings is 1. The first-order chi connectivity index (χ1) is 9.17. The van der Waals surface area contributed by atoms with E-state index in [0.717, 1.165) is 6.42 Å². The Labute approximate surface area is 113 Å². The van der Waals surface area contributed by atoms with Gasteiger partial charge in [0.05, 0.1) is 25.9 Å². The summed E-state index contributed by atoms with van der Waals surface area (Å²) in [5, 5.41) is 11.6. The third-order valence-electron chi connectivity index (χ3n) is 2.69. The van der Waals surface area contributed by atoms with Gasteiger partial charge in [-0.3, -0.25) is 4.79 Å². The zero-order valence-corrected chi connectivity index (χ0v) is 11.4. The lowest BCUT2D eigenvalue weighted by Crippen LogP contribution is -2.33. The third kappa shape index (κ3) is 3.62. The van der Waals surface area contributed by atoms with Gasteiger partial charge >= 0.3 is 0 Å². The normalized spacial score (nSPS) is 11.3. The van der Waals surface area contributed by atoms with Crippen molar-refractivity contribution in [2.75, 3.05) is 14.2 Å². The SMILES string of the molecule is CCCC(C#N)NC(=O)c1cccc(OC)c1OC. The Bertz CT molecular complexity index is 480. The lowest BCUT2D eigenvalue weighted by molar-refractivity contribution is 0.0940. The molecule has 102 valence electrons. The molecule has 0 saturated heterocycles.